The number of aliphatic hydroxyl groups is 1. The molecule has 0 aliphatic carbocycles. The van der Waals surface area contributed by atoms with Gasteiger partial charge in [0.15, 0.2) is 5.13 Å². The Morgan fingerprint density at radius 2 is 2.07 bits per heavy atom. The van der Waals surface area contributed by atoms with Crippen LogP contribution >= 0.6 is 11.3 Å². The van der Waals surface area contributed by atoms with Gasteiger partial charge in [-0.15, -0.1) is 11.3 Å². The molecule has 14 heavy (non-hydrogen) atoms. The first-order chi connectivity index (χ1) is 6.88. The largest absolute Gasteiger partial charge is 0.392 e. The van der Waals surface area contributed by atoms with Crippen molar-refractivity contribution in [3.05, 3.63) is 41.4 Å². The Bertz CT molecular complexity index is 383. The summed E-state index contributed by atoms with van der Waals surface area (Å²) in [6.45, 7) is 0.0809. The van der Waals surface area contributed by atoms with Gasteiger partial charge in [-0.1, -0.05) is 12.1 Å². The van der Waals surface area contributed by atoms with Crippen LogP contribution in [0.1, 0.15) is 5.56 Å². The summed E-state index contributed by atoms with van der Waals surface area (Å²) in [5.41, 5.74) is 1.90. The molecule has 0 spiro atoms. The number of anilines is 2. The van der Waals surface area contributed by atoms with Gasteiger partial charge in [-0.25, -0.2) is 4.98 Å². The molecular formula is C10H10N2OS. The minimum atomic E-state index is 0.0809. The molecule has 1 heterocycles. The first-order valence-corrected chi connectivity index (χ1v) is 5.13. The molecule has 4 heteroatoms. The number of aliphatic hydroxyl groups excluding tert-OH is 1. The second kappa shape index (κ2) is 4.21. The van der Waals surface area contributed by atoms with Crippen molar-refractivity contribution in [3.8, 4) is 0 Å². The molecule has 0 amide bonds. The fraction of sp³-hybridized carbons (Fsp3) is 0.100. The van der Waals surface area contributed by atoms with Crippen molar-refractivity contribution in [2.45, 2.75) is 6.61 Å². The van der Waals surface area contributed by atoms with Crippen LogP contribution in [0.5, 0.6) is 0 Å². The van der Waals surface area contributed by atoms with Crippen molar-refractivity contribution in [3.63, 3.8) is 0 Å². The molecule has 0 radical (unpaired) electrons. The maximum Gasteiger partial charge on any atom is 0.187 e. The number of benzene rings is 1. The van der Waals surface area contributed by atoms with Gasteiger partial charge in [0.1, 0.15) is 0 Å². The fourth-order valence-electron chi connectivity index (χ4n) is 1.10. The summed E-state index contributed by atoms with van der Waals surface area (Å²) in [6.07, 6.45) is 1.76. The van der Waals surface area contributed by atoms with Gasteiger partial charge in [0, 0.05) is 17.3 Å². The lowest BCUT2D eigenvalue weighted by molar-refractivity contribution is 0.282. The number of nitrogens with one attached hydrogen (secondary N) is 1. The number of rotatable bonds is 3. The van der Waals surface area contributed by atoms with Crippen molar-refractivity contribution in [1.29, 1.82) is 0 Å². The van der Waals surface area contributed by atoms with Crippen LogP contribution in [0.15, 0.2) is 35.8 Å². The van der Waals surface area contributed by atoms with E-state index >= 15 is 0 Å². The van der Waals surface area contributed by atoms with Crippen LogP contribution in [0.2, 0.25) is 0 Å². The van der Waals surface area contributed by atoms with E-state index in [1.807, 2.05) is 29.6 Å². The van der Waals surface area contributed by atoms with Crippen LogP contribution < -0.4 is 5.32 Å². The lowest BCUT2D eigenvalue weighted by Gasteiger charge is -2.02. The molecule has 72 valence electrons. The zero-order valence-corrected chi connectivity index (χ0v) is 8.29. The molecule has 0 saturated carbocycles. The first kappa shape index (κ1) is 9.18. The van der Waals surface area contributed by atoms with Gasteiger partial charge in [0.25, 0.3) is 0 Å². The van der Waals surface area contributed by atoms with Gasteiger partial charge in [0.05, 0.1) is 6.61 Å². The van der Waals surface area contributed by atoms with E-state index in [9.17, 15) is 0 Å². The summed E-state index contributed by atoms with van der Waals surface area (Å²) in [5, 5.41) is 14.8. The summed E-state index contributed by atoms with van der Waals surface area (Å²) in [7, 11) is 0. The summed E-state index contributed by atoms with van der Waals surface area (Å²) in [5.74, 6) is 0. The number of thiazole rings is 1. The highest BCUT2D eigenvalue weighted by Crippen LogP contribution is 2.18. The van der Waals surface area contributed by atoms with E-state index < -0.39 is 0 Å². The van der Waals surface area contributed by atoms with E-state index in [-0.39, 0.29) is 6.61 Å². The molecule has 3 nitrogen and oxygen atoms in total. The zero-order chi connectivity index (χ0) is 9.80. The molecule has 0 fully saturated rings. The second-order valence-electron chi connectivity index (χ2n) is 2.82. The Kier molecular flexibility index (Phi) is 2.76. The highest BCUT2D eigenvalue weighted by atomic mass is 32.1. The third kappa shape index (κ3) is 2.10. The lowest BCUT2D eigenvalue weighted by atomic mass is 10.2. The molecule has 0 bridgehead atoms. The van der Waals surface area contributed by atoms with Gasteiger partial charge in [-0.3, -0.25) is 0 Å². The van der Waals surface area contributed by atoms with Crippen LogP contribution in [0, 0.1) is 0 Å². The zero-order valence-electron chi connectivity index (χ0n) is 7.47. The monoisotopic (exact) mass is 206 g/mol. The molecule has 0 aliphatic heterocycles. The Labute approximate surface area is 86.1 Å². The van der Waals surface area contributed by atoms with Crippen molar-refractivity contribution < 1.29 is 5.11 Å². The van der Waals surface area contributed by atoms with Crippen molar-refractivity contribution in [2.24, 2.45) is 0 Å². The van der Waals surface area contributed by atoms with Crippen LogP contribution in [0.3, 0.4) is 0 Å². The number of nitrogens with zero attached hydrogens (tertiary/aromatic N) is 1. The molecule has 0 aliphatic rings. The third-order valence-corrected chi connectivity index (χ3v) is 2.51. The summed E-state index contributed by atoms with van der Waals surface area (Å²) in [4.78, 5) is 4.11. The molecule has 0 saturated heterocycles. The van der Waals surface area contributed by atoms with Gasteiger partial charge >= 0.3 is 0 Å². The number of aromatic nitrogens is 1. The predicted molar refractivity (Wildman–Crippen MR) is 57.8 cm³/mol. The first-order valence-electron chi connectivity index (χ1n) is 4.25. The average molecular weight is 206 g/mol. The molecule has 1 aromatic heterocycles. The van der Waals surface area contributed by atoms with E-state index in [1.165, 1.54) is 0 Å². The Hall–Kier alpha value is -1.39. The average Bonchev–Trinajstić information content (AvgIpc) is 2.72. The maximum absolute atomic E-state index is 8.85. The van der Waals surface area contributed by atoms with Gasteiger partial charge in [-0.05, 0) is 17.7 Å². The maximum atomic E-state index is 8.85. The minimum Gasteiger partial charge on any atom is -0.392 e. The fourth-order valence-corrected chi connectivity index (χ4v) is 1.65. The SMILES string of the molecule is OCc1ccc(Nc2nccs2)cc1. The summed E-state index contributed by atoms with van der Waals surface area (Å²) < 4.78 is 0. The van der Waals surface area contributed by atoms with Crippen LogP contribution in [0.25, 0.3) is 0 Å². The summed E-state index contributed by atoms with van der Waals surface area (Å²) >= 11 is 1.56. The number of hydrogen-bond acceptors (Lipinski definition) is 4. The standard InChI is InChI=1S/C10H10N2OS/c13-7-8-1-3-9(4-2-8)12-10-11-5-6-14-10/h1-6,13H,7H2,(H,11,12). The molecule has 2 rings (SSSR count). The summed E-state index contributed by atoms with van der Waals surface area (Å²) in [6, 6.07) is 7.62. The smallest absolute Gasteiger partial charge is 0.187 e. The predicted octanol–water partition coefficient (Wildman–Crippen LogP) is 2.38. The van der Waals surface area contributed by atoms with Crippen molar-refractivity contribution in [1.82, 2.24) is 4.98 Å². The second-order valence-corrected chi connectivity index (χ2v) is 3.71. The Balaban J connectivity index is 2.10. The van der Waals surface area contributed by atoms with Gasteiger partial charge < -0.3 is 10.4 Å². The van der Waals surface area contributed by atoms with Crippen molar-refractivity contribution >= 4 is 22.2 Å². The van der Waals surface area contributed by atoms with E-state index in [1.54, 1.807) is 17.5 Å². The molecule has 1 aromatic carbocycles. The Morgan fingerprint density at radius 3 is 2.64 bits per heavy atom. The van der Waals surface area contributed by atoms with Gasteiger partial charge in [0.2, 0.25) is 0 Å². The Morgan fingerprint density at radius 1 is 1.29 bits per heavy atom. The van der Waals surface area contributed by atoms with E-state index in [2.05, 4.69) is 10.3 Å². The van der Waals surface area contributed by atoms with Crippen LogP contribution in [-0.4, -0.2) is 10.1 Å². The number of hydrogen-bond donors (Lipinski definition) is 2. The van der Waals surface area contributed by atoms with E-state index in [0.29, 0.717) is 0 Å². The quantitative estimate of drug-likeness (QED) is 0.810. The lowest BCUT2D eigenvalue weighted by Crippen LogP contribution is -1.89. The highest BCUT2D eigenvalue weighted by Gasteiger charge is 1.96. The molecule has 0 unspecified atom stereocenters. The van der Waals surface area contributed by atoms with E-state index in [4.69, 9.17) is 5.11 Å². The third-order valence-electron chi connectivity index (χ3n) is 1.82. The van der Waals surface area contributed by atoms with Crippen LogP contribution in [0.4, 0.5) is 10.8 Å². The molecule has 0 atom stereocenters. The topological polar surface area (TPSA) is 45.1 Å². The normalized spacial score (nSPS) is 10.1. The molecular weight excluding hydrogens is 196 g/mol. The molecule has 2 aromatic rings. The van der Waals surface area contributed by atoms with E-state index in [0.717, 1.165) is 16.4 Å². The minimum absolute atomic E-state index is 0.0809. The van der Waals surface area contributed by atoms with Crippen molar-refractivity contribution in [2.75, 3.05) is 5.32 Å². The van der Waals surface area contributed by atoms with Gasteiger partial charge in [-0.2, -0.15) is 0 Å². The van der Waals surface area contributed by atoms with Crippen LogP contribution in [-0.2, 0) is 6.61 Å². The molecule has 2 N–H and O–H groups in total. The highest BCUT2D eigenvalue weighted by molar-refractivity contribution is 7.13.